The summed E-state index contributed by atoms with van der Waals surface area (Å²) in [7, 11) is -1.01. The van der Waals surface area contributed by atoms with E-state index in [1.165, 1.54) is 0 Å². The van der Waals surface area contributed by atoms with Crippen LogP contribution in [-0.4, -0.2) is 10.3 Å². The summed E-state index contributed by atoms with van der Waals surface area (Å²) in [6.45, 7) is 1.92. The van der Waals surface area contributed by atoms with E-state index in [9.17, 15) is 4.21 Å². The maximum atomic E-state index is 12.6. The second-order valence-corrected chi connectivity index (χ2v) is 6.26. The average Bonchev–Trinajstić information content (AvgIpc) is 2.40. The van der Waals surface area contributed by atoms with Crippen LogP contribution in [0.3, 0.4) is 0 Å². The molecule has 0 aliphatic carbocycles. The molecule has 19 heavy (non-hydrogen) atoms. The summed E-state index contributed by atoms with van der Waals surface area (Å²) in [5.41, 5.74) is 8.16. The third-order valence-electron chi connectivity index (χ3n) is 3.04. The summed E-state index contributed by atoms with van der Waals surface area (Å²) in [6.07, 6.45) is 0. The molecule has 0 amide bonds. The van der Waals surface area contributed by atoms with Gasteiger partial charge in [0, 0.05) is 22.6 Å². The third kappa shape index (κ3) is 3.75. The fourth-order valence-corrected chi connectivity index (χ4v) is 3.81. The van der Waals surface area contributed by atoms with Crippen molar-refractivity contribution in [2.24, 2.45) is 5.73 Å². The van der Waals surface area contributed by atoms with Crippen LogP contribution in [0.4, 0.5) is 0 Å². The lowest BCUT2D eigenvalue weighted by atomic mass is 10.1. The minimum atomic E-state index is -1.01. The lowest BCUT2D eigenvalue weighted by molar-refractivity contribution is 0.644. The molecule has 0 aliphatic rings. The van der Waals surface area contributed by atoms with Crippen molar-refractivity contribution in [1.29, 1.82) is 0 Å². The van der Waals surface area contributed by atoms with Crippen molar-refractivity contribution in [3.05, 3.63) is 71.8 Å². The first-order valence-corrected chi connectivity index (χ1v) is 7.78. The highest BCUT2D eigenvalue weighted by Crippen LogP contribution is 2.24. The van der Waals surface area contributed by atoms with E-state index in [2.05, 4.69) is 0 Å². The summed E-state index contributed by atoms with van der Waals surface area (Å²) in [5.74, 6) is 0.544. The van der Waals surface area contributed by atoms with Gasteiger partial charge >= 0.3 is 0 Å². The van der Waals surface area contributed by atoms with Gasteiger partial charge in [-0.05, 0) is 18.1 Å². The Bertz CT molecular complexity index is 525. The molecule has 2 aromatic carbocycles. The van der Waals surface area contributed by atoms with Gasteiger partial charge in [0.25, 0.3) is 0 Å². The number of benzene rings is 2. The molecule has 0 aromatic heterocycles. The standard InChI is InChI=1S/C16H19NOS/c1-13(17)16(15-10-6-3-7-11-15)19(18)12-14-8-4-2-5-9-14/h2-11,13,16H,12,17H2,1H3/t13-,16-,19-/m0/s1. The second-order valence-electron chi connectivity index (χ2n) is 4.70. The van der Waals surface area contributed by atoms with Gasteiger partial charge < -0.3 is 5.73 Å². The molecule has 2 aromatic rings. The minimum absolute atomic E-state index is 0.124. The van der Waals surface area contributed by atoms with Crippen LogP contribution in [0.1, 0.15) is 23.3 Å². The zero-order valence-electron chi connectivity index (χ0n) is 11.0. The summed E-state index contributed by atoms with van der Waals surface area (Å²) < 4.78 is 12.6. The molecule has 0 fully saturated rings. The highest BCUT2D eigenvalue weighted by atomic mass is 32.2. The lowest BCUT2D eigenvalue weighted by Gasteiger charge is -2.20. The first-order valence-electron chi connectivity index (χ1n) is 6.40. The number of rotatable bonds is 5. The van der Waals surface area contributed by atoms with Gasteiger partial charge in [0.1, 0.15) is 0 Å². The number of nitrogens with two attached hydrogens (primary N) is 1. The molecule has 2 rings (SSSR count). The van der Waals surface area contributed by atoms with Crippen LogP contribution in [0, 0.1) is 0 Å². The summed E-state index contributed by atoms with van der Waals surface area (Å²) >= 11 is 0. The van der Waals surface area contributed by atoms with Crippen molar-refractivity contribution >= 4 is 10.8 Å². The Kier molecular flexibility index (Phi) is 4.88. The Balaban J connectivity index is 2.19. The Morgan fingerprint density at radius 2 is 1.53 bits per heavy atom. The van der Waals surface area contributed by atoms with Crippen molar-refractivity contribution in [2.45, 2.75) is 24.0 Å². The predicted molar refractivity (Wildman–Crippen MR) is 81.1 cm³/mol. The van der Waals surface area contributed by atoms with Crippen LogP contribution in [0.5, 0.6) is 0 Å². The molecule has 2 nitrogen and oxygen atoms in total. The average molecular weight is 273 g/mol. The van der Waals surface area contributed by atoms with E-state index in [4.69, 9.17) is 5.73 Å². The van der Waals surface area contributed by atoms with Gasteiger partial charge in [-0.1, -0.05) is 60.7 Å². The molecule has 3 atom stereocenters. The van der Waals surface area contributed by atoms with E-state index in [-0.39, 0.29) is 11.3 Å². The number of hydrogen-bond donors (Lipinski definition) is 1. The monoisotopic (exact) mass is 273 g/mol. The highest BCUT2D eigenvalue weighted by Gasteiger charge is 2.22. The Morgan fingerprint density at radius 1 is 1.00 bits per heavy atom. The van der Waals surface area contributed by atoms with E-state index >= 15 is 0 Å². The quantitative estimate of drug-likeness (QED) is 0.910. The number of hydrogen-bond acceptors (Lipinski definition) is 2. The first kappa shape index (κ1) is 14.0. The minimum Gasteiger partial charge on any atom is -0.327 e. The third-order valence-corrected chi connectivity index (χ3v) is 4.93. The molecule has 0 radical (unpaired) electrons. The Labute approximate surface area is 117 Å². The first-order chi connectivity index (χ1) is 9.18. The van der Waals surface area contributed by atoms with Gasteiger partial charge in [0.15, 0.2) is 0 Å². The van der Waals surface area contributed by atoms with Gasteiger partial charge in [-0.2, -0.15) is 0 Å². The molecule has 0 saturated heterocycles. The van der Waals surface area contributed by atoms with Crippen LogP contribution in [0.25, 0.3) is 0 Å². The molecule has 2 N–H and O–H groups in total. The van der Waals surface area contributed by atoms with Crippen molar-refractivity contribution in [2.75, 3.05) is 0 Å². The molecular weight excluding hydrogens is 254 g/mol. The van der Waals surface area contributed by atoms with E-state index < -0.39 is 10.8 Å². The maximum absolute atomic E-state index is 12.6. The fourth-order valence-electron chi connectivity index (χ4n) is 2.17. The maximum Gasteiger partial charge on any atom is 0.0748 e. The SMILES string of the molecule is C[C@H](N)[C@@H](c1ccccc1)[S@@](=O)Cc1ccccc1. The Hall–Kier alpha value is -1.45. The molecule has 100 valence electrons. The van der Waals surface area contributed by atoms with Gasteiger partial charge in [-0.25, -0.2) is 0 Å². The molecule has 0 aliphatic heterocycles. The highest BCUT2D eigenvalue weighted by molar-refractivity contribution is 7.84. The molecule has 0 heterocycles. The van der Waals surface area contributed by atoms with Crippen LogP contribution in [0.2, 0.25) is 0 Å². The second kappa shape index (κ2) is 6.64. The van der Waals surface area contributed by atoms with Crippen molar-refractivity contribution < 1.29 is 4.21 Å². The summed E-state index contributed by atoms with van der Waals surface area (Å²) in [5, 5.41) is -0.124. The van der Waals surface area contributed by atoms with E-state index in [0.717, 1.165) is 11.1 Å². The van der Waals surface area contributed by atoms with E-state index in [0.29, 0.717) is 5.75 Å². The van der Waals surface area contributed by atoms with E-state index in [1.54, 1.807) is 0 Å². The molecule has 0 saturated carbocycles. The normalized spacial score (nSPS) is 15.7. The van der Waals surface area contributed by atoms with Crippen molar-refractivity contribution in [3.8, 4) is 0 Å². The zero-order chi connectivity index (χ0) is 13.7. The van der Waals surface area contributed by atoms with Gasteiger partial charge in [-0.3, -0.25) is 4.21 Å². The molecule has 0 unspecified atom stereocenters. The summed E-state index contributed by atoms with van der Waals surface area (Å²) in [6, 6.07) is 19.7. The van der Waals surface area contributed by atoms with Crippen LogP contribution in [-0.2, 0) is 16.6 Å². The fraction of sp³-hybridized carbons (Fsp3) is 0.250. The van der Waals surface area contributed by atoms with Crippen molar-refractivity contribution in [1.82, 2.24) is 0 Å². The summed E-state index contributed by atoms with van der Waals surface area (Å²) in [4.78, 5) is 0. The molecule has 0 spiro atoms. The van der Waals surface area contributed by atoms with Gasteiger partial charge in [0.05, 0.1) is 5.25 Å². The molecule has 0 bridgehead atoms. The van der Waals surface area contributed by atoms with Gasteiger partial charge in [-0.15, -0.1) is 0 Å². The lowest BCUT2D eigenvalue weighted by Crippen LogP contribution is -2.28. The smallest absolute Gasteiger partial charge is 0.0748 e. The topological polar surface area (TPSA) is 43.1 Å². The zero-order valence-corrected chi connectivity index (χ0v) is 11.8. The predicted octanol–water partition coefficient (Wildman–Crippen LogP) is 3.02. The van der Waals surface area contributed by atoms with Gasteiger partial charge in [0.2, 0.25) is 0 Å². The van der Waals surface area contributed by atoms with E-state index in [1.807, 2.05) is 67.6 Å². The van der Waals surface area contributed by atoms with Crippen LogP contribution >= 0.6 is 0 Å². The van der Waals surface area contributed by atoms with Crippen LogP contribution < -0.4 is 5.73 Å². The molecule has 3 heteroatoms. The van der Waals surface area contributed by atoms with Crippen LogP contribution in [0.15, 0.2) is 60.7 Å². The Morgan fingerprint density at radius 3 is 2.05 bits per heavy atom. The van der Waals surface area contributed by atoms with Crippen molar-refractivity contribution in [3.63, 3.8) is 0 Å². The molecular formula is C16H19NOS. The largest absolute Gasteiger partial charge is 0.327 e.